The fourth-order valence-corrected chi connectivity index (χ4v) is 15.0. The van der Waals surface area contributed by atoms with Crippen molar-refractivity contribution in [1.29, 1.82) is 0 Å². The maximum atomic E-state index is 2.63. The molecule has 0 aromatic heterocycles. The first-order chi connectivity index (χ1) is 41.3. The smallest absolute Gasteiger partial charge is 0.252 e. The molecule has 10 aromatic rings. The molecule has 2 aliphatic heterocycles. The third kappa shape index (κ3) is 8.89. The molecule has 0 amide bonds. The lowest BCUT2D eigenvalue weighted by atomic mass is 9.33. The zero-order valence-electron chi connectivity index (χ0n) is 54.3. The molecule has 0 spiro atoms. The molecule has 0 bridgehead atoms. The third-order valence-corrected chi connectivity index (χ3v) is 20.7. The van der Waals surface area contributed by atoms with Crippen molar-refractivity contribution in [1.82, 2.24) is 0 Å². The lowest BCUT2D eigenvalue weighted by Crippen LogP contribution is -2.61. The van der Waals surface area contributed by atoms with Gasteiger partial charge in [0.15, 0.2) is 0 Å². The van der Waals surface area contributed by atoms with Crippen LogP contribution in [0.3, 0.4) is 0 Å². The average Bonchev–Trinajstić information content (AvgIpc) is 1.46. The molecule has 0 N–H and O–H groups in total. The molecule has 87 heavy (non-hydrogen) atoms. The number of hydrogen-bond donors (Lipinski definition) is 0. The van der Waals surface area contributed by atoms with Crippen molar-refractivity contribution in [2.24, 2.45) is 0 Å². The van der Waals surface area contributed by atoms with Crippen LogP contribution in [0.25, 0.3) is 33.4 Å². The summed E-state index contributed by atoms with van der Waals surface area (Å²) in [5, 5.41) is 0. The second-order valence-corrected chi connectivity index (χ2v) is 30.3. The maximum Gasteiger partial charge on any atom is 0.252 e. The number of hydrogen-bond acceptors (Lipinski definition) is 3. The predicted octanol–water partition coefficient (Wildman–Crippen LogP) is 21.1. The van der Waals surface area contributed by atoms with E-state index in [0.717, 1.165) is 34.9 Å². The highest BCUT2D eigenvalue weighted by Gasteiger charge is 2.46. The van der Waals surface area contributed by atoms with Crippen LogP contribution < -0.4 is 31.1 Å². The molecule has 10 aromatic carbocycles. The highest BCUT2D eigenvalue weighted by molar-refractivity contribution is 7.00. The third-order valence-electron chi connectivity index (χ3n) is 20.7. The number of rotatable bonds is 8. The van der Waals surface area contributed by atoms with Crippen LogP contribution in [0.4, 0.5) is 51.2 Å². The van der Waals surface area contributed by atoms with E-state index in [9.17, 15) is 0 Å². The Kier molecular flexibility index (Phi) is 12.7. The molecule has 0 atom stereocenters. The van der Waals surface area contributed by atoms with Gasteiger partial charge in [-0.25, -0.2) is 0 Å². The van der Waals surface area contributed by atoms with Crippen molar-refractivity contribution in [2.75, 3.05) is 14.7 Å². The van der Waals surface area contributed by atoms with Crippen molar-refractivity contribution in [3.63, 3.8) is 0 Å². The zero-order chi connectivity index (χ0) is 61.1. The summed E-state index contributed by atoms with van der Waals surface area (Å²) in [4.78, 5) is 7.78. The van der Waals surface area contributed by atoms with Crippen molar-refractivity contribution in [2.45, 2.75) is 150 Å². The van der Waals surface area contributed by atoms with Gasteiger partial charge in [0.05, 0.1) is 0 Å². The maximum absolute atomic E-state index is 2.63. The Balaban J connectivity index is 1.01. The molecular formula is C83H84BN3. The number of anilines is 9. The normalized spacial score (nSPS) is 15.1. The van der Waals surface area contributed by atoms with E-state index in [1.165, 1.54) is 117 Å². The fourth-order valence-electron chi connectivity index (χ4n) is 15.0. The molecule has 0 saturated carbocycles. The molecular weight excluding hydrogens is 1050 g/mol. The number of fused-ring (bicyclic) bond motifs is 10. The summed E-state index contributed by atoms with van der Waals surface area (Å²) in [6.45, 7) is 37.6. The van der Waals surface area contributed by atoms with Crippen LogP contribution in [0, 0.1) is 0 Å². The van der Waals surface area contributed by atoms with Crippen LogP contribution in [0.15, 0.2) is 206 Å². The SMILES string of the molecule is CCC(C)(C)c1cc2c3c(c1)N(c1ccc(-c4cccc5c4-c4ccccc4C5(C)C)cc1)c1cc(C(C)(C)C)ccc1B3c1ccc(N(c3ccc(C(C)(C)C)cc3)c3ccc4c(c3)C(C)(C)c3ccccc3-4)cc1N2c1ccc(C(C)(C)C)cc1. The van der Waals surface area contributed by atoms with Crippen LogP contribution in [-0.4, -0.2) is 6.71 Å². The molecule has 0 fully saturated rings. The Morgan fingerprint density at radius 3 is 1.40 bits per heavy atom. The van der Waals surface area contributed by atoms with E-state index in [2.05, 4.69) is 332 Å². The second kappa shape index (κ2) is 19.6. The van der Waals surface area contributed by atoms with E-state index in [1.807, 2.05) is 0 Å². The Hall–Kier alpha value is -8.34. The highest BCUT2D eigenvalue weighted by atomic mass is 15.2. The first-order valence-electron chi connectivity index (χ1n) is 31.9. The predicted molar refractivity (Wildman–Crippen MR) is 375 cm³/mol. The Morgan fingerprint density at radius 2 is 0.805 bits per heavy atom. The fraction of sp³-hybridized carbons (Fsp3) is 0.277. The van der Waals surface area contributed by atoms with Gasteiger partial charge in [-0.15, -0.1) is 0 Å². The largest absolute Gasteiger partial charge is 0.311 e. The van der Waals surface area contributed by atoms with Gasteiger partial charge < -0.3 is 14.7 Å². The van der Waals surface area contributed by atoms with E-state index in [0.29, 0.717) is 0 Å². The Labute approximate surface area is 519 Å². The summed E-state index contributed by atoms with van der Waals surface area (Å²) in [7, 11) is 0. The summed E-state index contributed by atoms with van der Waals surface area (Å²) in [6, 6.07) is 80.5. The van der Waals surface area contributed by atoms with Crippen LogP contribution in [-0.2, 0) is 32.5 Å². The quantitative estimate of drug-likeness (QED) is 0.140. The topological polar surface area (TPSA) is 9.72 Å². The Morgan fingerprint density at radius 1 is 0.368 bits per heavy atom. The first-order valence-corrected chi connectivity index (χ1v) is 31.9. The summed E-state index contributed by atoms with van der Waals surface area (Å²) >= 11 is 0. The lowest BCUT2D eigenvalue weighted by molar-refractivity contribution is 0.506. The average molecular weight is 1130 g/mol. The van der Waals surface area contributed by atoms with E-state index in [1.54, 1.807) is 0 Å². The van der Waals surface area contributed by atoms with Crippen LogP contribution in [0.1, 0.15) is 162 Å². The molecule has 3 nitrogen and oxygen atoms in total. The van der Waals surface area contributed by atoms with Gasteiger partial charge in [-0.3, -0.25) is 0 Å². The van der Waals surface area contributed by atoms with Gasteiger partial charge in [0.2, 0.25) is 0 Å². The molecule has 4 aliphatic rings. The van der Waals surface area contributed by atoms with Crippen LogP contribution in [0.5, 0.6) is 0 Å². The highest BCUT2D eigenvalue weighted by Crippen LogP contribution is 2.55. The minimum absolute atomic E-state index is 0.00927. The zero-order valence-corrected chi connectivity index (χ0v) is 54.3. The van der Waals surface area contributed by atoms with Crippen LogP contribution in [0.2, 0.25) is 0 Å². The Bertz CT molecular complexity index is 4400. The second-order valence-electron chi connectivity index (χ2n) is 30.3. The van der Waals surface area contributed by atoms with Crippen molar-refractivity contribution in [3.05, 3.63) is 251 Å². The minimum atomic E-state index is -0.162. The van der Waals surface area contributed by atoms with Crippen LogP contribution >= 0.6 is 0 Å². The van der Waals surface area contributed by atoms with Gasteiger partial charge >= 0.3 is 0 Å². The summed E-state index contributed by atoms with van der Waals surface area (Å²) in [5.41, 5.74) is 32.8. The first kappa shape index (κ1) is 56.5. The summed E-state index contributed by atoms with van der Waals surface area (Å²) < 4.78 is 0. The minimum Gasteiger partial charge on any atom is -0.311 e. The van der Waals surface area contributed by atoms with E-state index in [4.69, 9.17) is 0 Å². The van der Waals surface area contributed by atoms with E-state index < -0.39 is 0 Å². The standard InChI is InChI=1S/C83H84BN3/c1-17-81(11,12)56-48-74-77-75(49-56)87(59-40-33-54(34-41-59)79(5,6)7)73-51-61(85(57-38-31-53(32-39-57)78(2,3)4)60-42-44-64-63-23-18-20-26-66(63)83(15,16)69(64)50-60)43-46-71(73)84(77)70-45-35-55(80(8,9)10)47-72(70)86(74)58-36-29-52(30-37-58)62-25-22-28-68-76(62)65-24-19-21-27-67(65)82(68,13)14/h18-51H,17H2,1-16H3. The molecule has 4 heteroatoms. The van der Waals surface area contributed by atoms with Crippen molar-refractivity contribution in [3.8, 4) is 33.4 Å². The number of benzene rings is 10. The molecule has 2 aliphatic carbocycles. The molecule has 0 unspecified atom stereocenters. The van der Waals surface area contributed by atoms with Crippen molar-refractivity contribution < 1.29 is 0 Å². The summed E-state index contributed by atoms with van der Waals surface area (Å²) in [6.07, 6.45) is 0.988. The van der Waals surface area contributed by atoms with Gasteiger partial charge in [0.1, 0.15) is 0 Å². The molecule has 434 valence electrons. The molecule has 2 heterocycles. The van der Waals surface area contributed by atoms with Gasteiger partial charge in [0, 0.05) is 62.0 Å². The van der Waals surface area contributed by atoms with Gasteiger partial charge in [-0.1, -0.05) is 238 Å². The molecule has 14 rings (SSSR count). The number of nitrogens with zero attached hydrogens (tertiary/aromatic N) is 3. The van der Waals surface area contributed by atoms with Gasteiger partial charge in [0.25, 0.3) is 6.71 Å². The van der Waals surface area contributed by atoms with E-state index in [-0.39, 0.29) is 39.2 Å². The lowest BCUT2D eigenvalue weighted by Gasteiger charge is -2.46. The molecule has 0 saturated heterocycles. The van der Waals surface area contributed by atoms with Gasteiger partial charge in [-0.05, 0) is 201 Å². The van der Waals surface area contributed by atoms with Gasteiger partial charge in [-0.2, -0.15) is 0 Å². The van der Waals surface area contributed by atoms with E-state index >= 15 is 0 Å². The summed E-state index contributed by atoms with van der Waals surface area (Å²) in [5.74, 6) is 0. The molecule has 0 radical (unpaired) electrons. The monoisotopic (exact) mass is 1130 g/mol. The van der Waals surface area contributed by atoms with Crippen molar-refractivity contribution >= 4 is 74.3 Å².